The number of rotatable bonds is 3. The number of hydrogen-bond acceptors (Lipinski definition) is 5. The fourth-order valence-corrected chi connectivity index (χ4v) is 4.70. The van der Waals surface area contributed by atoms with E-state index in [4.69, 9.17) is 21.9 Å². The van der Waals surface area contributed by atoms with Gasteiger partial charge in [0.05, 0.1) is 16.4 Å². The molecule has 3 aromatic rings. The van der Waals surface area contributed by atoms with E-state index in [1.807, 2.05) is 41.3 Å². The average molecular weight is 523 g/mol. The lowest BCUT2D eigenvalue weighted by Gasteiger charge is -2.37. The number of aromatic nitrogens is 1. The third-order valence-corrected chi connectivity index (χ3v) is 6.31. The number of hydrogen-bond donors (Lipinski definition) is 1. The predicted octanol–water partition coefficient (Wildman–Crippen LogP) is 4.45. The molecule has 1 saturated heterocycles. The first-order valence-corrected chi connectivity index (χ1v) is 10.7. The average Bonchev–Trinajstić information content (AvgIpc) is 3.09. The Balaban J connectivity index is 1.56. The van der Waals surface area contributed by atoms with Gasteiger partial charge in [-0.05, 0) is 47.7 Å². The molecule has 150 valence electrons. The van der Waals surface area contributed by atoms with Gasteiger partial charge in [-0.3, -0.25) is 4.79 Å². The van der Waals surface area contributed by atoms with Crippen LogP contribution in [-0.2, 0) is 0 Å². The first kappa shape index (κ1) is 20.0. The molecule has 0 bridgehead atoms. The summed E-state index contributed by atoms with van der Waals surface area (Å²) in [6.45, 7) is 4.36. The monoisotopic (exact) mass is 522 g/mol. The Hall–Kier alpha value is -2.26. The maximum Gasteiger partial charge on any atom is 0.259 e. The fraction of sp³-hybridized carbons (Fsp3) is 0.238. The quantitative estimate of drug-likeness (QED) is 0.406. The summed E-state index contributed by atoms with van der Waals surface area (Å²) in [4.78, 5) is 17.4. The Labute approximate surface area is 187 Å². The number of para-hydroxylation sites is 1. The number of carbonyl (C=O) groups excluding carboxylic acids is 1. The molecule has 0 spiro atoms. The van der Waals surface area contributed by atoms with Gasteiger partial charge >= 0.3 is 0 Å². The van der Waals surface area contributed by atoms with Crippen molar-refractivity contribution in [2.45, 2.75) is 6.92 Å². The van der Waals surface area contributed by atoms with Crippen LogP contribution in [0.25, 0.3) is 11.3 Å². The molecule has 2 aromatic carbocycles. The summed E-state index contributed by atoms with van der Waals surface area (Å²) < 4.78 is 6.46. The number of benzene rings is 2. The minimum Gasteiger partial charge on any atom is -0.397 e. The number of piperazine rings is 1. The van der Waals surface area contributed by atoms with Gasteiger partial charge in [0.25, 0.3) is 5.91 Å². The van der Waals surface area contributed by atoms with Crippen LogP contribution in [0, 0.1) is 10.5 Å². The van der Waals surface area contributed by atoms with E-state index in [1.54, 1.807) is 13.0 Å². The molecule has 8 heteroatoms. The molecule has 4 rings (SSSR count). The van der Waals surface area contributed by atoms with Crippen LogP contribution in [0.4, 0.5) is 11.4 Å². The van der Waals surface area contributed by atoms with Crippen LogP contribution in [0.15, 0.2) is 47.0 Å². The van der Waals surface area contributed by atoms with Gasteiger partial charge in [-0.25, -0.2) is 0 Å². The lowest BCUT2D eigenvalue weighted by molar-refractivity contribution is 0.0745. The zero-order valence-corrected chi connectivity index (χ0v) is 18.8. The number of amides is 1. The van der Waals surface area contributed by atoms with Crippen molar-refractivity contribution in [3.05, 3.63) is 62.4 Å². The molecule has 1 fully saturated rings. The van der Waals surface area contributed by atoms with Crippen LogP contribution in [0.2, 0.25) is 5.02 Å². The van der Waals surface area contributed by atoms with Crippen molar-refractivity contribution in [3.8, 4) is 11.3 Å². The summed E-state index contributed by atoms with van der Waals surface area (Å²) in [5, 5.41) is 4.65. The molecule has 1 amide bonds. The van der Waals surface area contributed by atoms with Crippen LogP contribution in [-0.4, -0.2) is 42.1 Å². The Morgan fingerprint density at radius 3 is 2.55 bits per heavy atom. The molecule has 2 N–H and O–H groups in total. The Morgan fingerprint density at radius 2 is 1.86 bits per heavy atom. The molecule has 0 atom stereocenters. The third kappa shape index (κ3) is 3.81. The van der Waals surface area contributed by atoms with Crippen molar-refractivity contribution in [1.82, 2.24) is 10.1 Å². The summed E-state index contributed by atoms with van der Waals surface area (Å²) in [6, 6.07) is 13.2. The van der Waals surface area contributed by atoms with Gasteiger partial charge < -0.3 is 20.1 Å². The molecule has 1 aliphatic heterocycles. The van der Waals surface area contributed by atoms with Crippen molar-refractivity contribution >= 4 is 51.5 Å². The van der Waals surface area contributed by atoms with E-state index in [1.165, 1.54) is 0 Å². The first-order valence-electron chi connectivity index (χ1n) is 9.26. The summed E-state index contributed by atoms with van der Waals surface area (Å²) in [7, 11) is 0. The van der Waals surface area contributed by atoms with Crippen LogP contribution in [0.1, 0.15) is 16.1 Å². The molecular weight excluding hydrogens is 503 g/mol. The molecule has 0 saturated carbocycles. The van der Waals surface area contributed by atoms with Gasteiger partial charge in [-0.15, -0.1) is 0 Å². The third-order valence-electron chi connectivity index (χ3n) is 5.11. The number of aryl methyl sites for hydroxylation is 1. The highest BCUT2D eigenvalue weighted by molar-refractivity contribution is 14.1. The van der Waals surface area contributed by atoms with Gasteiger partial charge in [-0.1, -0.05) is 41.0 Å². The molecule has 29 heavy (non-hydrogen) atoms. The van der Waals surface area contributed by atoms with E-state index in [0.717, 1.165) is 14.9 Å². The summed E-state index contributed by atoms with van der Waals surface area (Å²) in [5.41, 5.74) is 9.63. The summed E-state index contributed by atoms with van der Waals surface area (Å²) in [5.74, 6) is 0.406. The van der Waals surface area contributed by atoms with Gasteiger partial charge in [0.2, 0.25) is 0 Å². The van der Waals surface area contributed by atoms with E-state index in [9.17, 15) is 4.79 Å². The summed E-state index contributed by atoms with van der Waals surface area (Å²) in [6.07, 6.45) is 0. The minimum absolute atomic E-state index is 0.0888. The first-order chi connectivity index (χ1) is 14.0. The number of anilines is 2. The van der Waals surface area contributed by atoms with Crippen LogP contribution < -0.4 is 10.6 Å². The topological polar surface area (TPSA) is 75.6 Å². The second-order valence-electron chi connectivity index (χ2n) is 6.90. The van der Waals surface area contributed by atoms with Crippen molar-refractivity contribution < 1.29 is 9.32 Å². The minimum atomic E-state index is -0.0888. The van der Waals surface area contributed by atoms with Crippen LogP contribution in [0.3, 0.4) is 0 Å². The van der Waals surface area contributed by atoms with Crippen molar-refractivity contribution in [3.63, 3.8) is 0 Å². The van der Waals surface area contributed by atoms with Crippen molar-refractivity contribution in [2.24, 2.45) is 0 Å². The summed E-state index contributed by atoms with van der Waals surface area (Å²) >= 11 is 8.62. The van der Waals surface area contributed by atoms with E-state index >= 15 is 0 Å². The molecule has 0 unspecified atom stereocenters. The Bertz CT molecular complexity index is 1040. The molecule has 6 nitrogen and oxygen atoms in total. The second kappa shape index (κ2) is 8.23. The molecule has 1 aromatic heterocycles. The van der Waals surface area contributed by atoms with Crippen molar-refractivity contribution in [2.75, 3.05) is 36.8 Å². The standard InChI is InChI=1S/C21H20ClIN4O2/c1-13-18(19(25-29-13)14-5-2-3-6-15(14)22)21(28)27-11-9-26(10-12-27)20-16(23)7-4-8-17(20)24/h2-8H,9-12,24H2,1H3. The van der Waals surface area contributed by atoms with Crippen LogP contribution >= 0.6 is 34.2 Å². The highest BCUT2D eigenvalue weighted by Gasteiger charge is 2.30. The number of nitrogens with two attached hydrogens (primary N) is 1. The SMILES string of the molecule is Cc1onc(-c2ccccc2Cl)c1C(=O)N1CCN(c2c(N)cccc2I)CC1. The second-order valence-corrected chi connectivity index (χ2v) is 8.47. The molecule has 2 heterocycles. The van der Waals surface area contributed by atoms with Gasteiger partial charge in [0, 0.05) is 35.3 Å². The Kier molecular flexibility index (Phi) is 5.69. The molecular formula is C21H20ClIN4O2. The zero-order valence-electron chi connectivity index (χ0n) is 15.9. The largest absolute Gasteiger partial charge is 0.397 e. The fourth-order valence-electron chi connectivity index (χ4n) is 3.62. The molecule has 0 radical (unpaired) electrons. The molecule has 0 aliphatic carbocycles. The number of carbonyl (C=O) groups is 1. The normalized spacial score (nSPS) is 14.3. The maximum absolute atomic E-state index is 13.3. The number of nitrogen functional groups attached to an aromatic ring is 1. The highest BCUT2D eigenvalue weighted by atomic mass is 127. The van der Waals surface area contributed by atoms with E-state index in [0.29, 0.717) is 53.8 Å². The van der Waals surface area contributed by atoms with Gasteiger partial charge in [0.15, 0.2) is 0 Å². The van der Waals surface area contributed by atoms with E-state index < -0.39 is 0 Å². The van der Waals surface area contributed by atoms with Crippen molar-refractivity contribution in [1.29, 1.82) is 0 Å². The van der Waals surface area contributed by atoms with E-state index in [-0.39, 0.29) is 5.91 Å². The van der Waals surface area contributed by atoms with Crippen LogP contribution in [0.5, 0.6) is 0 Å². The Morgan fingerprint density at radius 1 is 1.14 bits per heavy atom. The highest BCUT2D eigenvalue weighted by Crippen LogP contribution is 2.33. The molecule has 1 aliphatic rings. The predicted molar refractivity (Wildman–Crippen MR) is 123 cm³/mol. The smallest absolute Gasteiger partial charge is 0.259 e. The maximum atomic E-state index is 13.3. The van der Waals surface area contributed by atoms with Gasteiger partial charge in [0.1, 0.15) is 17.0 Å². The van der Waals surface area contributed by atoms with E-state index in [2.05, 4.69) is 32.6 Å². The number of nitrogens with zero attached hydrogens (tertiary/aromatic N) is 3. The lowest BCUT2D eigenvalue weighted by Crippen LogP contribution is -2.49. The number of halogens is 2. The lowest BCUT2D eigenvalue weighted by atomic mass is 10.0. The van der Waals surface area contributed by atoms with Gasteiger partial charge in [-0.2, -0.15) is 0 Å². The zero-order chi connectivity index (χ0) is 20.5.